The molecule has 1 atom stereocenters. The minimum atomic E-state index is -4.01. The Bertz CT molecular complexity index is 1150. The lowest BCUT2D eigenvalue weighted by Gasteiger charge is -2.27. The Hall–Kier alpha value is -3.32. The average molecular weight is 453 g/mol. The molecule has 0 spiro atoms. The summed E-state index contributed by atoms with van der Waals surface area (Å²) in [5, 5.41) is 2.97. The van der Waals surface area contributed by atoms with Crippen LogP contribution in [-0.2, 0) is 14.8 Å². The second-order valence-corrected chi connectivity index (χ2v) is 9.30. The number of para-hydroxylation sites is 2. The van der Waals surface area contributed by atoms with Gasteiger partial charge in [-0.1, -0.05) is 67.1 Å². The van der Waals surface area contributed by atoms with Crippen molar-refractivity contribution in [1.29, 1.82) is 0 Å². The van der Waals surface area contributed by atoms with Crippen molar-refractivity contribution in [2.75, 3.05) is 18.0 Å². The fraction of sp³-hybridized carbons (Fsp3) is 0.240. The van der Waals surface area contributed by atoms with Crippen molar-refractivity contribution in [3.63, 3.8) is 0 Å². The van der Waals surface area contributed by atoms with Crippen LogP contribution in [0.1, 0.15) is 30.5 Å². The molecule has 1 N–H and O–H groups in total. The molecule has 1 unspecified atom stereocenters. The molecule has 3 rings (SSSR count). The van der Waals surface area contributed by atoms with Crippen LogP contribution in [-0.4, -0.2) is 28.0 Å². The minimum absolute atomic E-state index is 0.108. The second-order valence-electron chi connectivity index (χ2n) is 7.44. The molecule has 0 aliphatic rings. The Morgan fingerprint density at radius 1 is 0.969 bits per heavy atom. The number of benzene rings is 3. The van der Waals surface area contributed by atoms with E-state index in [1.165, 1.54) is 7.11 Å². The van der Waals surface area contributed by atoms with Crippen molar-refractivity contribution in [3.05, 3.63) is 90.0 Å². The highest BCUT2D eigenvalue weighted by Gasteiger charge is 2.30. The van der Waals surface area contributed by atoms with E-state index in [0.29, 0.717) is 17.9 Å². The summed E-state index contributed by atoms with van der Waals surface area (Å²) in [7, 11) is -2.54. The van der Waals surface area contributed by atoms with Crippen molar-refractivity contribution < 1.29 is 17.9 Å². The van der Waals surface area contributed by atoms with Crippen molar-refractivity contribution >= 4 is 21.6 Å². The molecule has 32 heavy (non-hydrogen) atoms. The molecule has 0 heterocycles. The zero-order valence-electron chi connectivity index (χ0n) is 18.5. The van der Waals surface area contributed by atoms with E-state index in [1.807, 2.05) is 44.2 Å². The van der Waals surface area contributed by atoms with Gasteiger partial charge in [0.05, 0.1) is 23.7 Å². The number of carbonyl (C=O) groups excluding carboxylic acids is 1. The van der Waals surface area contributed by atoms with Crippen molar-refractivity contribution in [2.24, 2.45) is 0 Å². The zero-order chi connectivity index (χ0) is 23.1. The van der Waals surface area contributed by atoms with E-state index in [9.17, 15) is 13.2 Å². The summed E-state index contributed by atoms with van der Waals surface area (Å²) in [5.41, 5.74) is 2.21. The fourth-order valence-corrected chi connectivity index (χ4v) is 4.88. The second kappa shape index (κ2) is 10.3. The number of aryl methyl sites for hydroxylation is 1. The third kappa shape index (κ3) is 5.29. The molecule has 1 amide bonds. The molecule has 3 aromatic rings. The summed E-state index contributed by atoms with van der Waals surface area (Å²) < 4.78 is 33.6. The van der Waals surface area contributed by atoms with E-state index in [4.69, 9.17) is 4.74 Å². The zero-order valence-corrected chi connectivity index (χ0v) is 19.3. The molecule has 3 aromatic carbocycles. The van der Waals surface area contributed by atoms with Crippen molar-refractivity contribution in [3.8, 4) is 5.75 Å². The van der Waals surface area contributed by atoms with Crippen LogP contribution in [0.5, 0.6) is 5.75 Å². The van der Waals surface area contributed by atoms with Gasteiger partial charge in [0.25, 0.3) is 10.0 Å². The van der Waals surface area contributed by atoms with Gasteiger partial charge in [0.15, 0.2) is 0 Å². The predicted molar refractivity (Wildman–Crippen MR) is 126 cm³/mol. The monoisotopic (exact) mass is 452 g/mol. The van der Waals surface area contributed by atoms with E-state index < -0.39 is 15.9 Å². The van der Waals surface area contributed by atoms with E-state index in [0.717, 1.165) is 15.4 Å². The van der Waals surface area contributed by atoms with Crippen LogP contribution in [0, 0.1) is 6.92 Å². The maximum Gasteiger partial charge on any atom is 0.264 e. The first-order valence-electron chi connectivity index (χ1n) is 10.4. The van der Waals surface area contributed by atoms with Gasteiger partial charge in [-0.25, -0.2) is 8.42 Å². The number of nitrogens with zero attached hydrogens (tertiary/aromatic N) is 1. The van der Waals surface area contributed by atoms with E-state index in [-0.39, 0.29) is 17.5 Å². The number of anilines is 1. The van der Waals surface area contributed by atoms with Gasteiger partial charge in [0.1, 0.15) is 12.3 Å². The number of sulfonamides is 1. The largest absolute Gasteiger partial charge is 0.495 e. The summed E-state index contributed by atoms with van der Waals surface area (Å²) in [4.78, 5) is 13.2. The highest BCUT2D eigenvalue weighted by atomic mass is 32.2. The Balaban J connectivity index is 1.96. The van der Waals surface area contributed by atoms with Gasteiger partial charge >= 0.3 is 0 Å². The van der Waals surface area contributed by atoms with Crippen LogP contribution in [0.4, 0.5) is 5.69 Å². The normalized spacial score (nSPS) is 12.1. The predicted octanol–water partition coefficient (Wildman–Crippen LogP) is 4.47. The number of nitrogens with one attached hydrogen (secondary N) is 1. The van der Waals surface area contributed by atoms with E-state index in [1.54, 1.807) is 48.5 Å². The molecule has 0 saturated carbocycles. The summed E-state index contributed by atoms with van der Waals surface area (Å²) in [6, 6.07) is 22.7. The first-order valence-corrected chi connectivity index (χ1v) is 11.9. The van der Waals surface area contributed by atoms with Gasteiger partial charge < -0.3 is 10.1 Å². The summed E-state index contributed by atoms with van der Waals surface area (Å²) >= 11 is 0. The van der Waals surface area contributed by atoms with Crippen LogP contribution in [0.3, 0.4) is 0 Å². The first-order chi connectivity index (χ1) is 15.4. The Kier molecular flexibility index (Phi) is 7.53. The van der Waals surface area contributed by atoms with E-state index in [2.05, 4.69) is 5.32 Å². The molecule has 0 bridgehead atoms. The quantitative estimate of drug-likeness (QED) is 0.520. The van der Waals surface area contributed by atoms with Gasteiger partial charge in [-0.2, -0.15) is 0 Å². The number of hydrogen-bond donors (Lipinski definition) is 1. The van der Waals surface area contributed by atoms with Crippen molar-refractivity contribution in [2.45, 2.75) is 31.2 Å². The first kappa shape index (κ1) is 23.3. The van der Waals surface area contributed by atoms with E-state index >= 15 is 0 Å². The van der Waals surface area contributed by atoms with Gasteiger partial charge in [0, 0.05) is 0 Å². The third-order valence-corrected chi connectivity index (χ3v) is 6.97. The highest BCUT2D eigenvalue weighted by molar-refractivity contribution is 7.92. The molecule has 0 saturated heterocycles. The topological polar surface area (TPSA) is 75.7 Å². The third-order valence-electron chi connectivity index (χ3n) is 5.20. The SMILES string of the molecule is CCC(NC(=O)CN(c1ccccc1OC)S(=O)(=O)c1ccc(C)cc1)c1ccccc1. The molecule has 168 valence electrons. The molecular weight excluding hydrogens is 424 g/mol. The number of ether oxygens (including phenoxy) is 1. The van der Waals surface area contributed by atoms with Gasteiger partial charge in [-0.05, 0) is 43.2 Å². The van der Waals surface area contributed by atoms with Gasteiger partial charge in [-0.3, -0.25) is 9.10 Å². The minimum Gasteiger partial charge on any atom is -0.495 e. The van der Waals surface area contributed by atoms with Gasteiger partial charge in [0.2, 0.25) is 5.91 Å². The summed E-state index contributed by atoms with van der Waals surface area (Å²) in [6.07, 6.45) is 0.676. The standard InChI is InChI=1S/C25H28N2O4S/c1-4-22(20-10-6-5-7-11-20)26-25(28)18-27(23-12-8-9-13-24(23)31-3)32(29,30)21-16-14-19(2)15-17-21/h5-17,22H,4,18H2,1-3H3,(H,26,28). The smallest absolute Gasteiger partial charge is 0.264 e. The van der Waals surface area contributed by atoms with Crippen LogP contribution >= 0.6 is 0 Å². The Labute approximate surface area is 189 Å². The Morgan fingerprint density at radius 3 is 2.22 bits per heavy atom. The van der Waals surface area contributed by atoms with Crippen LogP contribution < -0.4 is 14.4 Å². The van der Waals surface area contributed by atoms with Gasteiger partial charge in [-0.15, -0.1) is 0 Å². The van der Waals surface area contributed by atoms with Crippen LogP contribution in [0.15, 0.2) is 83.8 Å². The van der Waals surface area contributed by atoms with Crippen molar-refractivity contribution in [1.82, 2.24) is 5.32 Å². The molecule has 0 aliphatic carbocycles. The molecule has 7 heteroatoms. The number of methoxy groups -OCH3 is 1. The summed E-state index contributed by atoms with van der Waals surface area (Å²) in [6.45, 7) is 3.48. The maximum absolute atomic E-state index is 13.6. The molecule has 0 aromatic heterocycles. The molecule has 6 nitrogen and oxygen atoms in total. The lowest BCUT2D eigenvalue weighted by Crippen LogP contribution is -2.42. The summed E-state index contributed by atoms with van der Waals surface area (Å²) in [5.74, 6) is -0.0339. The highest BCUT2D eigenvalue weighted by Crippen LogP contribution is 2.32. The number of rotatable bonds is 9. The lowest BCUT2D eigenvalue weighted by atomic mass is 10.0. The number of hydrogen-bond acceptors (Lipinski definition) is 4. The van der Waals surface area contributed by atoms with Crippen LogP contribution in [0.25, 0.3) is 0 Å². The number of carbonyl (C=O) groups is 1. The maximum atomic E-state index is 13.6. The fourth-order valence-electron chi connectivity index (χ4n) is 3.45. The lowest BCUT2D eigenvalue weighted by molar-refractivity contribution is -0.120. The molecule has 0 radical (unpaired) electrons. The number of amides is 1. The Morgan fingerprint density at radius 2 is 1.59 bits per heavy atom. The average Bonchev–Trinajstić information content (AvgIpc) is 2.81. The molecule has 0 aliphatic heterocycles. The molecule has 0 fully saturated rings. The molecular formula is C25H28N2O4S. The van der Waals surface area contributed by atoms with Crippen LogP contribution in [0.2, 0.25) is 0 Å².